The van der Waals surface area contributed by atoms with Gasteiger partial charge in [-0.2, -0.15) is 0 Å². The first-order valence-corrected chi connectivity index (χ1v) is 4.86. The number of aryl methyl sites for hydroxylation is 1. The highest BCUT2D eigenvalue weighted by molar-refractivity contribution is 5.08. The largest absolute Gasteiger partial charge is 0.464 e. The molecule has 1 aromatic rings. The van der Waals surface area contributed by atoms with E-state index in [0.29, 0.717) is 6.54 Å². The van der Waals surface area contributed by atoms with Crippen molar-refractivity contribution in [2.24, 2.45) is 5.73 Å². The van der Waals surface area contributed by atoms with Gasteiger partial charge >= 0.3 is 0 Å². The van der Waals surface area contributed by atoms with E-state index in [2.05, 4.69) is 0 Å². The summed E-state index contributed by atoms with van der Waals surface area (Å²) in [4.78, 5) is 0. The Morgan fingerprint density at radius 2 is 2.07 bits per heavy atom. The molecular weight excluding hydrogens is 178 g/mol. The van der Waals surface area contributed by atoms with E-state index in [1.165, 1.54) is 0 Å². The molecule has 2 N–H and O–H groups in total. The second-order valence-corrected chi connectivity index (χ2v) is 4.40. The fourth-order valence-corrected chi connectivity index (χ4v) is 1.28. The normalized spacial score (nSPS) is 14.4. The van der Waals surface area contributed by atoms with E-state index in [1.54, 1.807) is 0 Å². The molecule has 0 aliphatic heterocycles. The third-order valence-electron chi connectivity index (χ3n) is 1.79. The van der Waals surface area contributed by atoms with Crippen LogP contribution in [0.15, 0.2) is 16.5 Å². The third kappa shape index (κ3) is 3.16. The molecule has 0 radical (unpaired) electrons. The molecule has 1 aromatic heterocycles. The summed E-state index contributed by atoms with van der Waals surface area (Å²) in [6, 6.07) is 3.84. The minimum absolute atomic E-state index is 0.149. The summed E-state index contributed by atoms with van der Waals surface area (Å²) in [6.45, 7) is 8.36. The van der Waals surface area contributed by atoms with Crippen molar-refractivity contribution in [3.05, 3.63) is 23.7 Å². The quantitative estimate of drug-likeness (QED) is 0.809. The zero-order valence-electron chi connectivity index (χ0n) is 9.33. The molecule has 14 heavy (non-hydrogen) atoms. The topological polar surface area (TPSA) is 48.4 Å². The molecule has 1 rings (SSSR count). The number of hydrogen-bond acceptors (Lipinski definition) is 3. The van der Waals surface area contributed by atoms with Gasteiger partial charge in [-0.15, -0.1) is 0 Å². The predicted octanol–water partition coefficient (Wildman–Crippen LogP) is 2.40. The molecule has 0 saturated heterocycles. The van der Waals surface area contributed by atoms with E-state index >= 15 is 0 Å². The van der Waals surface area contributed by atoms with Gasteiger partial charge in [0.15, 0.2) is 0 Å². The Morgan fingerprint density at radius 3 is 2.43 bits per heavy atom. The van der Waals surface area contributed by atoms with Crippen molar-refractivity contribution >= 4 is 0 Å². The average molecular weight is 197 g/mol. The lowest BCUT2D eigenvalue weighted by atomic mass is 10.1. The molecule has 0 bridgehead atoms. The molecule has 0 amide bonds. The van der Waals surface area contributed by atoms with E-state index in [0.717, 1.165) is 11.5 Å². The summed E-state index contributed by atoms with van der Waals surface area (Å²) in [5, 5.41) is 0. The van der Waals surface area contributed by atoms with Crippen LogP contribution in [0.1, 0.15) is 38.4 Å². The first-order chi connectivity index (χ1) is 6.42. The van der Waals surface area contributed by atoms with E-state index in [1.807, 2.05) is 39.8 Å². The van der Waals surface area contributed by atoms with Gasteiger partial charge in [-0.25, -0.2) is 0 Å². The van der Waals surface area contributed by atoms with Crippen molar-refractivity contribution in [3.8, 4) is 0 Å². The van der Waals surface area contributed by atoms with E-state index in [4.69, 9.17) is 14.9 Å². The SMILES string of the molecule is Cc1ccc(C(CN)OC(C)(C)C)o1. The van der Waals surface area contributed by atoms with Crippen LogP contribution in [0.5, 0.6) is 0 Å². The van der Waals surface area contributed by atoms with E-state index in [-0.39, 0.29) is 11.7 Å². The third-order valence-corrected chi connectivity index (χ3v) is 1.79. The lowest BCUT2D eigenvalue weighted by Crippen LogP contribution is -2.26. The maximum absolute atomic E-state index is 5.77. The van der Waals surface area contributed by atoms with Crippen LogP contribution in [0.2, 0.25) is 0 Å². The van der Waals surface area contributed by atoms with Crippen LogP contribution in [-0.4, -0.2) is 12.1 Å². The molecule has 1 unspecified atom stereocenters. The van der Waals surface area contributed by atoms with Crippen LogP contribution in [-0.2, 0) is 4.74 Å². The van der Waals surface area contributed by atoms with Gasteiger partial charge in [0.1, 0.15) is 17.6 Å². The molecule has 0 aliphatic rings. The molecule has 3 nitrogen and oxygen atoms in total. The van der Waals surface area contributed by atoms with Gasteiger partial charge < -0.3 is 14.9 Å². The molecule has 0 spiro atoms. The van der Waals surface area contributed by atoms with Crippen LogP contribution < -0.4 is 5.73 Å². The van der Waals surface area contributed by atoms with E-state index in [9.17, 15) is 0 Å². The minimum atomic E-state index is -0.204. The molecule has 0 fully saturated rings. The fourth-order valence-electron chi connectivity index (χ4n) is 1.28. The van der Waals surface area contributed by atoms with Gasteiger partial charge in [0.05, 0.1) is 5.60 Å². The zero-order valence-corrected chi connectivity index (χ0v) is 9.33. The molecule has 1 heterocycles. The van der Waals surface area contributed by atoms with Crippen molar-refractivity contribution in [1.29, 1.82) is 0 Å². The molecule has 3 heteroatoms. The van der Waals surface area contributed by atoms with Crippen molar-refractivity contribution in [2.75, 3.05) is 6.54 Å². The van der Waals surface area contributed by atoms with Crippen LogP contribution in [0, 0.1) is 6.92 Å². The molecule has 80 valence electrons. The van der Waals surface area contributed by atoms with Crippen molar-refractivity contribution in [2.45, 2.75) is 39.4 Å². The first-order valence-electron chi connectivity index (χ1n) is 4.86. The van der Waals surface area contributed by atoms with Gasteiger partial charge in [-0.05, 0) is 39.8 Å². The Kier molecular flexibility index (Phi) is 3.34. The Morgan fingerprint density at radius 1 is 1.43 bits per heavy atom. The Balaban J connectivity index is 2.72. The summed E-state index contributed by atoms with van der Waals surface area (Å²) >= 11 is 0. The number of ether oxygens (including phenoxy) is 1. The minimum Gasteiger partial charge on any atom is -0.464 e. The molecule has 0 saturated carbocycles. The summed E-state index contributed by atoms with van der Waals surface area (Å²) in [6.07, 6.45) is -0.149. The van der Waals surface area contributed by atoms with Gasteiger partial charge in [0, 0.05) is 6.54 Å². The summed E-state index contributed by atoms with van der Waals surface area (Å²) in [7, 11) is 0. The summed E-state index contributed by atoms with van der Waals surface area (Å²) < 4.78 is 11.2. The highest BCUT2D eigenvalue weighted by Crippen LogP contribution is 2.24. The summed E-state index contributed by atoms with van der Waals surface area (Å²) in [5.41, 5.74) is 5.43. The van der Waals surface area contributed by atoms with Gasteiger partial charge in [-0.1, -0.05) is 0 Å². The molecule has 0 aromatic carbocycles. The fraction of sp³-hybridized carbons (Fsp3) is 0.636. The summed E-state index contributed by atoms with van der Waals surface area (Å²) in [5.74, 6) is 1.69. The van der Waals surface area contributed by atoms with Gasteiger partial charge in [0.25, 0.3) is 0 Å². The molecule has 1 atom stereocenters. The Bertz CT molecular complexity index is 286. The highest BCUT2D eigenvalue weighted by atomic mass is 16.5. The van der Waals surface area contributed by atoms with Crippen LogP contribution in [0.3, 0.4) is 0 Å². The number of furan rings is 1. The predicted molar refractivity (Wildman–Crippen MR) is 56.1 cm³/mol. The Labute approximate surface area is 85.2 Å². The van der Waals surface area contributed by atoms with Crippen LogP contribution in [0.25, 0.3) is 0 Å². The van der Waals surface area contributed by atoms with Gasteiger partial charge in [0.2, 0.25) is 0 Å². The number of nitrogens with two attached hydrogens (primary N) is 1. The lowest BCUT2D eigenvalue weighted by Gasteiger charge is -2.25. The highest BCUT2D eigenvalue weighted by Gasteiger charge is 2.21. The maximum atomic E-state index is 5.77. The lowest BCUT2D eigenvalue weighted by molar-refractivity contribution is -0.0658. The number of hydrogen-bond donors (Lipinski definition) is 1. The standard InChI is InChI=1S/C11H19NO2/c1-8-5-6-9(13-8)10(7-12)14-11(2,3)4/h5-6,10H,7,12H2,1-4H3. The van der Waals surface area contributed by atoms with Crippen LogP contribution in [0.4, 0.5) is 0 Å². The number of rotatable bonds is 3. The average Bonchev–Trinajstić information content (AvgIpc) is 2.46. The maximum Gasteiger partial charge on any atom is 0.134 e. The second-order valence-electron chi connectivity index (χ2n) is 4.40. The molecular formula is C11H19NO2. The monoisotopic (exact) mass is 197 g/mol. The van der Waals surface area contributed by atoms with Crippen LogP contribution >= 0.6 is 0 Å². The van der Waals surface area contributed by atoms with Crippen molar-refractivity contribution in [3.63, 3.8) is 0 Å². The van der Waals surface area contributed by atoms with Crippen molar-refractivity contribution < 1.29 is 9.15 Å². The second kappa shape index (κ2) is 4.15. The zero-order chi connectivity index (χ0) is 10.8. The smallest absolute Gasteiger partial charge is 0.134 e. The van der Waals surface area contributed by atoms with Gasteiger partial charge in [-0.3, -0.25) is 0 Å². The Hall–Kier alpha value is -0.800. The molecule has 0 aliphatic carbocycles. The first kappa shape index (κ1) is 11.3. The van der Waals surface area contributed by atoms with E-state index < -0.39 is 0 Å². The van der Waals surface area contributed by atoms with Crippen molar-refractivity contribution in [1.82, 2.24) is 0 Å².